The molecule has 2 aliphatic rings. The number of nitrogens with two attached hydrogens (primary N) is 2. The molecule has 0 spiro atoms. The normalized spacial score (nSPS) is 12.0. The lowest BCUT2D eigenvalue weighted by atomic mass is 9.87. The molecule has 0 atom stereocenters. The lowest BCUT2D eigenvalue weighted by Crippen LogP contribution is -2.46. The fraction of sp³-hybridized carbons (Fsp3) is 0.167. The SMILES string of the molecule is Cc1c2oc3c(S(=O)(=O)O)c(N)ccc3c(-c3ccc(C(C)C)cc3C(=O)O)c-2ccc1=[NH2+]. The molecule has 1 aliphatic carbocycles. The summed E-state index contributed by atoms with van der Waals surface area (Å²) in [5, 5.41) is 16.8. The monoisotopic (exact) mass is 467 g/mol. The fourth-order valence-electron chi connectivity index (χ4n) is 4.03. The minimum Gasteiger partial charge on any atom is -0.478 e. The van der Waals surface area contributed by atoms with Gasteiger partial charge in [0.25, 0.3) is 10.1 Å². The number of hydrogen-bond donors (Lipinski definition) is 4. The minimum atomic E-state index is -4.76. The molecule has 170 valence electrons. The summed E-state index contributed by atoms with van der Waals surface area (Å²) in [5.74, 6) is -0.770. The summed E-state index contributed by atoms with van der Waals surface area (Å²) in [6.07, 6.45) is 0. The second kappa shape index (κ2) is 7.72. The summed E-state index contributed by atoms with van der Waals surface area (Å²) in [5.41, 5.74) is 8.28. The van der Waals surface area contributed by atoms with Crippen LogP contribution < -0.4 is 16.5 Å². The van der Waals surface area contributed by atoms with Crippen molar-refractivity contribution in [2.75, 3.05) is 5.73 Å². The van der Waals surface area contributed by atoms with Crippen LogP contribution in [0.15, 0.2) is 51.8 Å². The van der Waals surface area contributed by atoms with Crippen molar-refractivity contribution in [3.05, 3.63) is 64.5 Å². The Morgan fingerprint density at radius 3 is 2.36 bits per heavy atom. The first-order chi connectivity index (χ1) is 15.4. The molecule has 8 nitrogen and oxygen atoms in total. The Hall–Kier alpha value is -3.69. The summed E-state index contributed by atoms with van der Waals surface area (Å²) in [7, 11) is -4.76. The Balaban J connectivity index is 2.30. The van der Waals surface area contributed by atoms with Gasteiger partial charge in [-0.25, -0.2) is 4.79 Å². The van der Waals surface area contributed by atoms with Crippen LogP contribution in [0.3, 0.4) is 0 Å². The maximum atomic E-state index is 12.2. The van der Waals surface area contributed by atoms with E-state index < -0.39 is 21.0 Å². The smallest absolute Gasteiger partial charge is 0.336 e. The summed E-state index contributed by atoms with van der Waals surface area (Å²) in [6.45, 7) is 5.62. The number of carboxylic acids is 1. The van der Waals surface area contributed by atoms with Crippen molar-refractivity contribution in [2.24, 2.45) is 0 Å². The Morgan fingerprint density at radius 2 is 1.76 bits per heavy atom. The lowest BCUT2D eigenvalue weighted by Gasteiger charge is -2.20. The Morgan fingerprint density at radius 1 is 1.09 bits per heavy atom. The number of carbonyl (C=O) groups is 1. The maximum Gasteiger partial charge on any atom is 0.336 e. The zero-order valence-electron chi connectivity index (χ0n) is 18.2. The van der Waals surface area contributed by atoms with Crippen LogP contribution >= 0.6 is 0 Å². The van der Waals surface area contributed by atoms with Crippen molar-refractivity contribution in [1.29, 1.82) is 0 Å². The molecule has 0 amide bonds. The van der Waals surface area contributed by atoms with Crippen LogP contribution in [0.2, 0.25) is 0 Å². The molecule has 0 saturated carbocycles. The molecule has 0 bridgehead atoms. The first kappa shape index (κ1) is 22.5. The van der Waals surface area contributed by atoms with Crippen molar-refractivity contribution < 1.29 is 32.7 Å². The quantitative estimate of drug-likeness (QED) is 0.204. The van der Waals surface area contributed by atoms with Gasteiger partial charge in [0.1, 0.15) is 5.76 Å². The predicted octanol–water partition coefficient (Wildman–Crippen LogP) is 2.82. The highest BCUT2D eigenvalue weighted by Gasteiger charge is 2.28. The number of rotatable bonds is 4. The minimum absolute atomic E-state index is 0.0507. The van der Waals surface area contributed by atoms with E-state index in [0.717, 1.165) is 5.56 Å². The van der Waals surface area contributed by atoms with Crippen molar-refractivity contribution in [3.63, 3.8) is 0 Å². The van der Waals surface area contributed by atoms with Gasteiger partial charge in [-0.15, -0.1) is 0 Å². The number of benzene rings is 3. The van der Waals surface area contributed by atoms with Crippen molar-refractivity contribution >= 4 is 32.7 Å². The zero-order valence-corrected chi connectivity index (χ0v) is 19.0. The van der Waals surface area contributed by atoms with Gasteiger partial charge in [0, 0.05) is 22.6 Å². The number of hydrogen-bond acceptors (Lipinski definition) is 5. The van der Waals surface area contributed by atoms with E-state index >= 15 is 0 Å². The number of anilines is 1. The zero-order chi connectivity index (χ0) is 24.2. The molecule has 6 N–H and O–H groups in total. The van der Waals surface area contributed by atoms with E-state index in [1.807, 2.05) is 19.9 Å². The number of nitrogen functional groups attached to an aromatic ring is 1. The van der Waals surface area contributed by atoms with Crippen molar-refractivity contribution in [3.8, 4) is 22.5 Å². The van der Waals surface area contributed by atoms with Crippen molar-refractivity contribution in [1.82, 2.24) is 0 Å². The van der Waals surface area contributed by atoms with E-state index in [0.29, 0.717) is 27.6 Å². The van der Waals surface area contributed by atoms with Gasteiger partial charge in [-0.1, -0.05) is 26.0 Å². The standard InChI is InChI=1S/C24H22N2O6S/c1-11(2)13-4-5-14(17(10-13)24(27)28)20-15-6-8-18(25)12(3)21(15)32-22-16(20)7-9-19(26)23(22)33(29,30)31/h4-11,25H,26H2,1-3H3,(H,27,28)(H,29,30,31)/p+1. The van der Waals surface area contributed by atoms with Crippen LogP contribution in [0.4, 0.5) is 5.69 Å². The number of fused-ring (bicyclic) bond motifs is 2. The molecule has 0 radical (unpaired) electrons. The molecular weight excluding hydrogens is 444 g/mol. The highest BCUT2D eigenvalue weighted by atomic mass is 32.2. The molecule has 1 heterocycles. The van der Waals surface area contributed by atoms with E-state index in [2.05, 4.69) is 0 Å². The van der Waals surface area contributed by atoms with Crippen LogP contribution in [0, 0.1) is 6.92 Å². The van der Waals surface area contributed by atoms with E-state index in [-0.39, 0.29) is 33.9 Å². The summed E-state index contributed by atoms with van der Waals surface area (Å²) >= 11 is 0. The molecule has 1 aliphatic heterocycles. The van der Waals surface area contributed by atoms with Gasteiger partial charge >= 0.3 is 5.97 Å². The lowest BCUT2D eigenvalue weighted by molar-refractivity contribution is -0.173. The molecule has 0 saturated heterocycles. The van der Waals surface area contributed by atoms with Gasteiger partial charge in [-0.3, -0.25) is 9.96 Å². The van der Waals surface area contributed by atoms with Crippen LogP contribution in [0.25, 0.3) is 33.4 Å². The Labute approximate surface area is 189 Å². The van der Waals surface area contributed by atoms with Crippen LogP contribution in [-0.4, -0.2) is 24.0 Å². The summed E-state index contributed by atoms with van der Waals surface area (Å²) < 4.78 is 40.2. The van der Waals surface area contributed by atoms with Crippen LogP contribution in [0.5, 0.6) is 0 Å². The third-order valence-corrected chi connectivity index (χ3v) is 6.74. The third kappa shape index (κ3) is 3.65. The summed E-state index contributed by atoms with van der Waals surface area (Å²) in [6, 6.07) is 11.4. The highest BCUT2D eigenvalue weighted by molar-refractivity contribution is 7.86. The first-order valence-corrected chi connectivity index (χ1v) is 11.6. The van der Waals surface area contributed by atoms with Crippen LogP contribution in [0.1, 0.15) is 41.3 Å². The average Bonchev–Trinajstić information content (AvgIpc) is 2.73. The first-order valence-electron chi connectivity index (χ1n) is 10.1. The molecule has 9 heteroatoms. The molecular formula is C24H23N2O6S+. The van der Waals surface area contributed by atoms with Crippen LogP contribution in [-0.2, 0) is 10.1 Å². The average molecular weight is 468 g/mol. The molecule has 0 unspecified atom stereocenters. The molecule has 2 aromatic carbocycles. The Kier molecular flexibility index (Phi) is 5.26. The van der Waals surface area contributed by atoms with E-state index in [1.165, 1.54) is 6.07 Å². The number of carboxylic acid groups (broad SMARTS) is 1. The van der Waals surface area contributed by atoms with Gasteiger partial charge < -0.3 is 15.3 Å². The highest BCUT2D eigenvalue weighted by Crippen LogP contribution is 2.45. The summed E-state index contributed by atoms with van der Waals surface area (Å²) in [4.78, 5) is 11.7. The van der Waals surface area contributed by atoms with Gasteiger partial charge in [-0.05, 0) is 48.2 Å². The molecule has 33 heavy (non-hydrogen) atoms. The van der Waals surface area contributed by atoms with Crippen molar-refractivity contribution in [2.45, 2.75) is 31.6 Å². The third-order valence-electron chi connectivity index (χ3n) is 5.80. The topological polar surface area (TPSA) is 156 Å². The van der Waals surface area contributed by atoms with E-state index in [9.17, 15) is 22.9 Å². The Bertz CT molecular complexity index is 1590. The maximum absolute atomic E-state index is 12.2. The number of aromatic carboxylic acids is 1. The largest absolute Gasteiger partial charge is 0.478 e. The van der Waals surface area contributed by atoms with Gasteiger partial charge in [-0.2, -0.15) is 8.42 Å². The van der Waals surface area contributed by atoms with Gasteiger partial charge in [0.05, 0.1) is 16.8 Å². The molecule has 0 fully saturated rings. The molecule has 0 aromatic heterocycles. The van der Waals surface area contributed by atoms with Gasteiger partial charge in [0.15, 0.2) is 10.5 Å². The van der Waals surface area contributed by atoms with E-state index in [1.54, 1.807) is 37.3 Å². The second-order valence-electron chi connectivity index (χ2n) is 8.23. The second-order valence-corrected chi connectivity index (χ2v) is 9.59. The molecule has 4 rings (SSSR count). The van der Waals surface area contributed by atoms with Gasteiger partial charge in [0.2, 0.25) is 5.36 Å². The van der Waals surface area contributed by atoms with E-state index in [4.69, 9.17) is 15.6 Å². The predicted molar refractivity (Wildman–Crippen MR) is 123 cm³/mol. The molecule has 2 aromatic rings. The fourth-order valence-corrected chi connectivity index (χ4v) is 4.78.